The summed E-state index contributed by atoms with van der Waals surface area (Å²) in [5.74, 6) is -0.310. The van der Waals surface area contributed by atoms with Crippen molar-refractivity contribution >= 4 is 5.78 Å². The lowest BCUT2D eigenvalue weighted by Gasteiger charge is -2.37. The van der Waals surface area contributed by atoms with Crippen LogP contribution in [0.5, 0.6) is 0 Å². The molecule has 1 rings (SSSR count). The molecule has 5 atom stereocenters. The van der Waals surface area contributed by atoms with Crippen LogP contribution in [0, 0.1) is 17.8 Å². The molecule has 15 heavy (non-hydrogen) atoms. The van der Waals surface area contributed by atoms with E-state index in [1.54, 1.807) is 6.92 Å². The van der Waals surface area contributed by atoms with E-state index in [1.807, 2.05) is 32.9 Å². The fraction of sp³-hybridized carbons (Fsp3) is 0.750. The zero-order valence-corrected chi connectivity index (χ0v) is 9.81. The Hall–Kier alpha value is -0.670. The summed E-state index contributed by atoms with van der Waals surface area (Å²) in [7, 11) is 0. The van der Waals surface area contributed by atoms with Crippen LogP contribution in [0.15, 0.2) is 12.2 Å². The minimum absolute atomic E-state index is 0.0927. The van der Waals surface area contributed by atoms with Gasteiger partial charge in [-0.3, -0.25) is 4.79 Å². The SMILES string of the molecule is C/C=C/[C@H](C)[C@@H]1OC(O)C(C)C(=O)[C@@H]1C. The van der Waals surface area contributed by atoms with Crippen LogP contribution in [0.4, 0.5) is 0 Å². The van der Waals surface area contributed by atoms with Crippen molar-refractivity contribution in [3.63, 3.8) is 0 Å². The predicted octanol–water partition coefficient (Wildman–Crippen LogP) is 1.76. The third-order valence-corrected chi connectivity index (χ3v) is 3.13. The minimum atomic E-state index is -0.952. The lowest BCUT2D eigenvalue weighted by atomic mass is 9.82. The van der Waals surface area contributed by atoms with E-state index in [4.69, 9.17) is 4.74 Å². The Labute approximate surface area is 91.1 Å². The number of ether oxygens (including phenoxy) is 1. The summed E-state index contributed by atoms with van der Waals surface area (Å²) in [6.45, 7) is 7.51. The Morgan fingerprint density at radius 3 is 2.53 bits per heavy atom. The van der Waals surface area contributed by atoms with Crippen LogP contribution < -0.4 is 0 Å². The van der Waals surface area contributed by atoms with E-state index >= 15 is 0 Å². The number of hydrogen-bond donors (Lipinski definition) is 1. The van der Waals surface area contributed by atoms with Gasteiger partial charge in [-0.1, -0.05) is 32.9 Å². The molecule has 0 saturated carbocycles. The summed E-state index contributed by atoms with van der Waals surface area (Å²) in [6.07, 6.45) is 2.78. The van der Waals surface area contributed by atoms with Gasteiger partial charge in [0.25, 0.3) is 0 Å². The van der Waals surface area contributed by atoms with Gasteiger partial charge >= 0.3 is 0 Å². The summed E-state index contributed by atoms with van der Waals surface area (Å²) < 4.78 is 5.48. The molecule has 1 saturated heterocycles. The maximum atomic E-state index is 11.8. The van der Waals surface area contributed by atoms with Crippen molar-refractivity contribution in [1.82, 2.24) is 0 Å². The first-order valence-electron chi connectivity index (χ1n) is 5.49. The Morgan fingerprint density at radius 2 is 2.00 bits per heavy atom. The van der Waals surface area contributed by atoms with Gasteiger partial charge in [-0.2, -0.15) is 0 Å². The molecule has 3 nitrogen and oxygen atoms in total. The van der Waals surface area contributed by atoms with Crippen LogP contribution in [0.2, 0.25) is 0 Å². The van der Waals surface area contributed by atoms with E-state index in [0.29, 0.717) is 0 Å². The molecular weight excluding hydrogens is 192 g/mol. The summed E-state index contributed by atoms with van der Waals surface area (Å²) in [6, 6.07) is 0. The predicted molar refractivity (Wildman–Crippen MR) is 58.2 cm³/mol. The number of ketones is 1. The number of aliphatic hydroxyl groups is 1. The van der Waals surface area contributed by atoms with Crippen molar-refractivity contribution in [3.05, 3.63) is 12.2 Å². The van der Waals surface area contributed by atoms with Crippen LogP contribution in [0.25, 0.3) is 0 Å². The topological polar surface area (TPSA) is 46.5 Å². The van der Waals surface area contributed by atoms with Gasteiger partial charge < -0.3 is 9.84 Å². The van der Waals surface area contributed by atoms with Gasteiger partial charge in [0.05, 0.1) is 12.0 Å². The number of allylic oxidation sites excluding steroid dienone is 1. The Morgan fingerprint density at radius 1 is 1.40 bits per heavy atom. The fourth-order valence-electron chi connectivity index (χ4n) is 2.11. The molecule has 1 N–H and O–H groups in total. The van der Waals surface area contributed by atoms with Gasteiger partial charge in [0.1, 0.15) is 5.78 Å². The highest BCUT2D eigenvalue weighted by molar-refractivity contribution is 5.84. The number of carbonyl (C=O) groups is 1. The zero-order chi connectivity index (χ0) is 11.6. The van der Waals surface area contributed by atoms with E-state index in [0.717, 1.165) is 0 Å². The standard InChI is InChI=1S/C12H20O3/c1-5-6-7(2)11-8(3)10(13)9(4)12(14)15-11/h5-9,11-12,14H,1-4H3/b6-5+/t7-,8-,9?,11-,12?/m0/s1. The van der Waals surface area contributed by atoms with Crippen LogP contribution in [0.1, 0.15) is 27.7 Å². The first kappa shape index (κ1) is 12.4. The van der Waals surface area contributed by atoms with E-state index in [-0.39, 0.29) is 23.7 Å². The highest BCUT2D eigenvalue weighted by Gasteiger charge is 2.40. The number of carbonyl (C=O) groups excluding carboxylic acids is 1. The second-order valence-corrected chi connectivity index (χ2v) is 4.36. The van der Waals surface area contributed by atoms with Gasteiger partial charge in [-0.15, -0.1) is 0 Å². The molecule has 0 radical (unpaired) electrons. The summed E-state index contributed by atoms with van der Waals surface area (Å²) in [4.78, 5) is 11.8. The molecule has 3 heteroatoms. The molecule has 1 heterocycles. The highest BCUT2D eigenvalue weighted by atomic mass is 16.6. The first-order valence-corrected chi connectivity index (χ1v) is 5.49. The first-order chi connectivity index (χ1) is 6.99. The number of hydrogen-bond acceptors (Lipinski definition) is 3. The molecule has 86 valence electrons. The van der Waals surface area contributed by atoms with Gasteiger partial charge in [0.2, 0.25) is 0 Å². The Bertz CT molecular complexity index is 260. The highest BCUT2D eigenvalue weighted by Crippen LogP contribution is 2.30. The summed E-state index contributed by atoms with van der Waals surface area (Å²) in [5, 5.41) is 9.59. The van der Waals surface area contributed by atoms with Crippen molar-refractivity contribution < 1.29 is 14.6 Å². The zero-order valence-electron chi connectivity index (χ0n) is 9.81. The molecule has 0 aromatic carbocycles. The van der Waals surface area contributed by atoms with E-state index in [2.05, 4.69) is 0 Å². The van der Waals surface area contributed by atoms with Crippen molar-refractivity contribution in [2.45, 2.75) is 40.1 Å². The van der Waals surface area contributed by atoms with Gasteiger partial charge in [0.15, 0.2) is 6.29 Å². The molecular formula is C12H20O3. The number of aliphatic hydroxyl groups excluding tert-OH is 1. The second kappa shape index (κ2) is 4.90. The molecule has 0 aromatic heterocycles. The van der Waals surface area contributed by atoms with Crippen molar-refractivity contribution in [1.29, 1.82) is 0 Å². The molecule has 1 aliphatic heterocycles. The molecule has 0 aromatic rings. The molecule has 0 bridgehead atoms. The summed E-state index contributed by atoms with van der Waals surface area (Å²) in [5.41, 5.74) is 0. The quantitative estimate of drug-likeness (QED) is 0.709. The molecule has 0 aliphatic carbocycles. The molecule has 1 aliphatic rings. The van der Waals surface area contributed by atoms with Crippen LogP contribution in [-0.4, -0.2) is 23.3 Å². The monoisotopic (exact) mass is 212 g/mol. The molecule has 0 amide bonds. The van der Waals surface area contributed by atoms with Crippen LogP contribution >= 0.6 is 0 Å². The summed E-state index contributed by atoms with van der Waals surface area (Å²) >= 11 is 0. The largest absolute Gasteiger partial charge is 0.367 e. The lowest BCUT2D eigenvalue weighted by molar-refractivity contribution is -0.210. The van der Waals surface area contributed by atoms with Crippen LogP contribution in [-0.2, 0) is 9.53 Å². The van der Waals surface area contributed by atoms with Crippen LogP contribution in [0.3, 0.4) is 0 Å². The lowest BCUT2D eigenvalue weighted by Crippen LogP contribution is -2.48. The normalized spacial score (nSPS) is 39.7. The average Bonchev–Trinajstić information content (AvgIpc) is 2.20. The molecule has 2 unspecified atom stereocenters. The van der Waals surface area contributed by atoms with E-state index in [9.17, 15) is 9.90 Å². The maximum absolute atomic E-state index is 11.8. The van der Waals surface area contributed by atoms with Crippen molar-refractivity contribution in [2.24, 2.45) is 17.8 Å². The third-order valence-electron chi connectivity index (χ3n) is 3.13. The van der Waals surface area contributed by atoms with Gasteiger partial charge in [0, 0.05) is 11.8 Å². The fourth-order valence-corrected chi connectivity index (χ4v) is 2.11. The molecule has 1 fully saturated rings. The molecule has 0 spiro atoms. The van der Waals surface area contributed by atoms with Crippen molar-refractivity contribution in [3.8, 4) is 0 Å². The van der Waals surface area contributed by atoms with Gasteiger partial charge in [-0.25, -0.2) is 0 Å². The minimum Gasteiger partial charge on any atom is -0.367 e. The van der Waals surface area contributed by atoms with Gasteiger partial charge in [-0.05, 0) is 6.92 Å². The smallest absolute Gasteiger partial charge is 0.164 e. The van der Waals surface area contributed by atoms with E-state index < -0.39 is 12.2 Å². The Kier molecular flexibility index (Phi) is 4.05. The van der Waals surface area contributed by atoms with E-state index in [1.165, 1.54) is 0 Å². The number of rotatable bonds is 2. The average molecular weight is 212 g/mol. The Balaban J connectivity index is 2.78. The maximum Gasteiger partial charge on any atom is 0.164 e. The second-order valence-electron chi connectivity index (χ2n) is 4.36. The van der Waals surface area contributed by atoms with Crippen molar-refractivity contribution in [2.75, 3.05) is 0 Å². The third kappa shape index (κ3) is 2.47. The number of Topliss-reactive ketones (excluding diaryl/α,β-unsaturated/α-hetero) is 1.